The monoisotopic (exact) mass is 547 g/mol. The van der Waals surface area contributed by atoms with Crippen LogP contribution in [0, 0.1) is 6.92 Å². The van der Waals surface area contributed by atoms with Crippen molar-refractivity contribution in [2.75, 3.05) is 13.7 Å². The predicted octanol–water partition coefficient (Wildman–Crippen LogP) is 7.24. The van der Waals surface area contributed by atoms with Crippen molar-refractivity contribution in [3.8, 4) is 11.5 Å². The van der Waals surface area contributed by atoms with Gasteiger partial charge in [-0.2, -0.15) is 0 Å². The molecule has 0 N–H and O–H groups in total. The molecule has 0 bridgehead atoms. The number of ketones is 2. The van der Waals surface area contributed by atoms with Crippen LogP contribution in [0.2, 0.25) is 0 Å². The summed E-state index contributed by atoms with van der Waals surface area (Å²) in [5.74, 6) is 1.20. The Bertz CT molecular complexity index is 1470. The average Bonchev–Trinajstić information content (AvgIpc) is 3.00. The van der Waals surface area contributed by atoms with Crippen LogP contribution in [-0.2, 0) is 22.6 Å². The topological polar surface area (TPSA) is 55.8 Å². The number of methoxy groups -OCH3 is 1. The third-order valence-electron chi connectivity index (χ3n) is 8.59. The predicted molar refractivity (Wildman–Crippen MR) is 160 cm³/mol. The Kier molecular flexibility index (Phi) is 7.78. The number of carbonyl (C=O) groups excluding carboxylic acids is 2. The maximum Gasteiger partial charge on any atom is 0.161 e. The Morgan fingerprint density at radius 3 is 2.05 bits per heavy atom. The zero-order chi connectivity index (χ0) is 28.3. The highest BCUT2D eigenvalue weighted by atomic mass is 16.5. The number of hydrogen-bond acceptors (Lipinski definition) is 5. The second kappa shape index (κ2) is 11.8. The fourth-order valence-electron chi connectivity index (χ4n) is 6.53. The minimum absolute atomic E-state index is 0.157. The molecule has 0 atom stereocenters. The van der Waals surface area contributed by atoms with E-state index in [0.717, 1.165) is 72.3 Å². The number of ether oxygens (including phenoxy) is 2. The molecule has 3 aliphatic rings. The third-order valence-corrected chi connectivity index (χ3v) is 8.59. The Balaban J connectivity index is 1.37. The van der Waals surface area contributed by atoms with E-state index in [4.69, 9.17) is 9.47 Å². The molecule has 6 rings (SSSR count). The van der Waals surface area contributed by atoms with Crippen molar-refractivity contribution in [2.45, 2.75) is 64.4 Å². The first-order valence-electron chi connectivity index (χ1n) is 14.7. The van der Waals surface area contributed by atoms with E-state index in [-0.39, 0.29) is 17.5 Å². The third kappa shape index (κ3) is 5.46. The zero-order valence-electron chi connectivity index (χ0n) is 23.9. The van der Waals surface area contributed by atoms with Gasteiger partial charge in [0.1, 0.15) is 6.61 Å². The van der Waals surface area contributed by atoms with E-state index in [9.17, 15) is 9.59 Å². The van der Waals surface area contributed by atoms with Gasteiger partial charge in [0.25, 0.3) is 0 Å². The lowest BCUT2D eigenvalue weighted by molar-refractivity contribution is -0.117. The summed E-state index contributed by atoms with van der Waals surface area (Å²) in [5, 5.41) is 0. The van der Waals surface area contributed by atoms with E-state index in [2.05, 4.69) is 60.4 Å². The van der Waals surface area contributed by atoms with Crippen LogP contribution in [0.4, 0.5) is 0 Å². The molecule has 2 aliphatic carbocycles. The molecule has 0 spiro atoms. The standard InChI is InChI=1S/C36H37NO4/c1-24-14-16-26(17-15-24)23-41-32-19-18-27(22-33(32)40-2)34-35-28(10-6-12-30(35)38)37(21-20-25-8-4-3-5-9-25)29-11-7-13-31(39)36(29)34/h3-5,8-9,14-19,22,34H,6-7,10-13,20-21,23H2,1-2H3. The van der Waals surface area contributed by atoms with Crippen molar-refractivity contribution in [3.05, 3.63) is 118 Å². The fourth-order valence-corrected chi connectivity index (χ4v) is 6.53. The highest BCUT2D eigenvalue weighted by Gasteiger charge is 2.43. The van der Waals surface area contributed by atoms with Crippen molar-refractivity contribution < 1.29 is 19.1 Å². The van der Waals surface area contributed by atoms with Gasteiger partial charge in [-0.15, -0.1) is 0 Å². The summed E-state index contributed by atoms with van der Waals surface area (Å²) >= 11 is 0. The molecule has 0 aromatic heterocycles. The molecule has 0 saturated carbocycles. The van der Waals surface area contributed by atoms with E-state index in [1.54, 1.807) is 7.11 Å². The molecule has 5 heteroatoms. The number of carbonyl (C=O) groups is 2. The molecule has 0 radical (unpaired) electrons. The van der Waals surface area contributed by atoms with Gasteiger partial charge in [-0.05, 0) is 67.9 Å². The summed E-state index contributed by atoms with van der Waals surface area (Å²) in [7, 11) is 1.64. The van der Waals surface area contributed by atoms with Crippen LogP contribution < -0.4 is 9.47 Å². The number of benzene rings is 3. The molecular weight excluding hydrogens is 510 g/mol. The van der Waals surface area contributed by atoms with Crippen LogP contribution in [0.1, 0.15) is 66.7 Å². The highest BCUT2D eigenvalue weighted by Crippen LogP contribution is 2.50. The van der Waals surface area contributed by atoms with Gasteiger partial charge in [-0.3, -0.25) is 9.59 Å². The smallest absolute Gasteiger partial charge is 0.161 e. The molecule has 1 aliphatic heterocycles. The lowest BCUT2D eigenvalue weighted by atomic mass is 9.71. The largest absolute Gasteiger partial charge is 0.493 e. The van der Waals surface area contributed by atoms with Crippen LogP contribution in [0.15, 0.2) is 95.3 Å². The number of rotatable bonds is 8. The van der Waals surface area contributed by atoms with E-state index < -0.39 is 0 Å². The van der Waals surface area contributed by atoms with Crippen molar-refractivity contribution in [3.63, 3.8) is 0 Å². The molecule has 3 aromatic rings. The van der Waals surface area contributed by atoms with E-state index in [0.29, 0.717) is 30.9 Å². The van der Waals surface area contributed by atoms with Crippen LogP contribution >= 0.6 is 0 Å². The highest BCUT2D eigenvalue weighted by molar-refractivity contribution is 6.06. The Labute approximate surface area is 242 Å². The lowest BCUT2D eigenvalue weighted by Crippen LogP contribution is -2.39. The lowest BCUT2D eigenvalue weighted by Gasteiger charge is -2.44. The summed E-state index contributed by atoms with van der Waals surface area (Å²) in [6, 6.07) is 24.6. The molecule has 0 fully saturated rings. The first-order valence-corrected chi connectivity index (χ1v) is 14.7. The molecule has 0 unspecified atom stereocenters. The van der Waals surface area contributed by atoms with Crippen molar-refractivity contribution in [1.29, 1.82) is 0 Å². The number of allylic oxidation sites excluding steroid dienone is 4. The minimum atomic E-state index is -0.367. The number of hydrogen-bond donors (Lipinski definition) is 0. The first kappa shape index (κ1) is 27.1. The van der Waals surface area contributed by atoms with Gasteiger partial charge in [-0.25, -0.2) is 0 Å². The van der Waals surface area contributed by atoms with Crippen LogP contribution in [-0.4, -0.2) is 30.1 Å². The summed E-state index contributed by atoms with van der Waals surface area (Å²) in [4.78, 5) is 29.6. The molecule has 5 nitrogen and oxygen atoms in total. The molecule has 1 heterocycles. The van der Waals surface area contributed by atoms with E-state index >= 15 is 0 Å². The van der Waals surface area contributed by atoms with E-state index in [1.165, 1.54) is 11.1 Å². The van der Waals surface area contributed by atoms with Gasteiger partial charge in [0.2, 0.25) is 0 Å². The van der Waals surface area contributed by atoms with Gasteiger partial charge in [0.05, 0.1) is 7.11 Å². The summed E-state index contributed by atoms with van der Waals surface area (Å²) in [5.41, 5.74) is 8.27. The molecule has 210 valence electrons. The van der Waals surface area contributed by atoms with Crippen molar-refractivity contribution >= 4 is 11.6 Å². The number of nitrogens with zero attached hydrogens (tertiary/aromatic N) is 1. The van der Waals surface area contributed by atoms with Crippen molar-refractivity contribution in [2.24, 2.45) is 0 Å². The van der Waals surface area contributed by atoms with E-state index in [1.807, 2.05) is 24.3 Å². The Morgan fingerprint density at radius 2 is 1.41 bits per heavy atom. The average molecular weight is 548 g/mol. The van der Waals surface area contributed by atoms with Crippen molar-refractivity contribution in [1.82, 2.24) is 4.90 Å². The molecular formula is C36H37NO4. The minimum Gasteiger partial charge on any atom is -0.493 e. The van der Waals surface area contributed by atoms with Gasteiger partial charge in [-0.1, -0.05) is 66.2 Å². The van der Waals surface area contributed by atoms with Crippen LogP contribution in [0.25, 0.3) is 0 Å². The summed E-state index contributed by atoms with van der Waals surface area (Å²) in [6.07, 6.45) is 5.30. The second-order valence-electron chi connectivity index (χ2n) is 11.3. The zero-order valence-corrected chi connectivity index (χ0v) is 23.9. The van der Waals surface area contributed by atoms with Gasteiger partial charge in [0.15, 0.2) is 23.1 Å². The molecule has 0 amide bonds. The number of aryl methyl sites for hydroxylation is 1. The maximum absolute atomic E-state index is 13.6. The maximum atomic E-state index is 13.6. The molecule has 0 saturated heterocycles. The quantitative estimate of drug-likeness (QED) is 0.298. The van der Waals surface area contributed by atoms with Crippen LogP contribution in [0.3, 0.4) is 0 Å². The molecule has 3 aromatic carbocycles. The normalized spacial score (nSPS) is 17.5. The SMILES string of the molecule is COc1cc(C2C3=C(CCCC3=O)N(CCc3ccccc3)C3=C2C(=O)CCC3)ccc1OCc1ccc(C)cc1. The fraction of sp³-hybridized carbons (Fsp3) is 0.333. The number of Topliss-reactive ketones (excluding diaryl/α,β-unsaturated/α-hetero) is 2. The summed E-state index contributed by atoms with van der Waals surface area (Å²) < 4.78 is 11.9. The Morgan fingerprint density at radius 1 is 0.756 bits per heavy atom. The van der Waals surface area contributed by atoms with Gasteiger partial charge >= 0.3 is 0 Å². The first-order chi connectivity index (χ1) is 20.0. The second-order valence-corrected chi connectivity index (χ2v) is 11.3. The van der Waals surface area contributed by atoms with Gasteiger partial charge < -0.3 is 14.4 Å². The van der Waals surface area contributed by atoms with Crippen LogP contribution in [0.5, 0.6) is 11.5 Å². The molecule has 41 heavy (non-hydrogen) atoms. The van der Waals surface area contributed by atoms with Gasteiger partial charge in [0, 0.05) is 47.8 Å². The Hall–Kier alpha value is -4.12. The summed E-state index contributed by atoms with van der Waals surface area (Å²) in [6.45, 7) is 3.26.